The van der Waals surface area contributed by atoms with E-state index in [1.165, 1.54) is 49.7 Å². The topological polar surface area (TPSA) is 12.0 Å². The lowest BCUT2D eigenvalue weighted by Gasteiger charge is -2.21. The molecule has 0 saturated carbocycles. The van der Waals surface area contributed by atoms with Gasteiger partial charge < -0.3 is 5.32 Å². The molecule has 1 heteroatoms. The molecule has 108 valence electrons. The number of nitrogens with one attached hydrogen (secondary N) is 1. The number of hydrogen-bond donors (Lipinski definition) is 1. The maximum absolute atomic E-state index is 3.73. The van der Waals surface area contributed by atoms with Crippen LogP contribution in [0.2, 0.25) is 0 Å². The molecule has 1 aromatic rings. The fraction of sp³-hybridized carbons (Fsp3) is 0.667. The van der Waals surface area contributed by atoms with Gasteiger partial charge in [0.1, 0.15) is 0 Å². The van der Waals surface area contributed by atoms with E-state index in [9.17, 15) is 0 Å². The molecule has 19 heavy (non-hydrogen) atoms. The predicted octanol–water partition coefficient (Wildman–Crippen LogP) is 4.79. The zero-order valence-electron chi connectivity index (χ0n) is 13.3. The van der Waals surface area contributed by atoms with Crippen LogP contribution in [0.3, 0.4) is 0 Å². The molecule has 0 saturated heterocycles. The van der Waals surface area contributed by atoms with Gasteiger partial charge in [-0.2, -0.15) is 0 Å². The predicted molar refractivity (Wildman–Crippen MR) is 85.8 cm³/mol. The lowest BCUT2D eigenvalue weighted by Crippen LogP contribution is -2.32. The third-order valence-corrected chi connectivity index (χ3v) is 3.93. The van der Waals surface area contributed by atoms with Crippen LogP contribution >= 0.6 is 0 Å². The van der Waals surface area contributed by atoms with Crippen LogP contribution in [0.5, 0.6) is 0 Å². The highest BCUT2D eigenvalue weighted by atomic mass is 14.9. The van der Waals surface area contributed by atoms with E-state index >= 15 is 0 Å². The second-order valence-electron chi connectivity index (χ2n) is 5.72. The molecule has 0 aliphatic rings. The van der Waals surface area contributed by atoms with Crippen molar-refractivity contribution in [2.24, 2.45) is 0 Å². The van der Waals surface area contributed by atoms with E-state index in [0.29, 0.717) is 6.04 Å². The molecule has 0 aliphatic heterocycles. The Morgan fingerprint density at radius 3 is 2.26 bits per heavy atom. The molecule has 0 fully saturated rings. The molecule has 0 radical (unpaired) electrons. The Kier molecular flexibility index (Phi) is 7.81. The van der Waals surface area contributed by atoms with Gasteiger partial charge in [-0.1, -0.05) is 51.3 Å². The second kappa shape index (κ2) is 9.14. The molecular formula is C18H31N. The Hall–Kier alpha value is -0.820. The van der Waals surface area contributed by atoms with E-state index in [-0.39, 0.29) is 0 Å². The van der Waals surface area contributed by atoms with E-state index in [2.05, 4.69) is 51.2 Å². The van der Waals surface area contributed by atoms with Crippen LogP contribution in [0.25, 0.3) is 0 Å². The minimum atomic E-state index is 0.645. The van der Waals surface area contributed by atoms with Gasteiger partial charge in [-0.3, -0.25) is 0 Å². The summed E-state index contributed by atoms with van der Waals surface area (Å²) in [4.78, 5) is 0. The van der Waals surface area contributed by atoms with Crippen molar-refractivity contribution in [3.8, 4) is 0 Å². The molecule has 0 aliphatic carbocycles. The van der Waals surface area contributed by atoms with Crippen LogP contribution in [-0.2, 0) is 6.42 Å². The van der Waals surface area contributed by atoms with Crippen molar-refractivity contribution in [1.82, 2.24) is 5.32 Å². The van der Waals surface area contributed by atoms with Gasteiger partial charge in [-0.15, -0.1) is 0 Å². The van der Waals surface area contributed by atoms with Crippen LogP contribution in [-0.4, -0.2) is 12.6 Å². The molecule has 0 amide bonds. The summed E-state index contributed by atoms with van der Waals surface area (Å²) in [6.45, 7) is 10.1. The standard InChI is InChI=1S/C18H31N/c1-5-7-8-12-17(19-13-6-2)14-18-15(3)10-9-11-16(18)4/h9-11,17,19H,5-8,12-14H2,1-4H3. The Morgan fingerprint density at radius 2 is 1.68 bits per heavy atom. The molecule has 0 bridgehead atoms. The van der Waals surface area contributed by atoms with E-state index in [4.69, 9.17) is 0 Å². The molecule has 1 nitrogen and oxygen atoms in total. The summed E-state index contributed by atoms with van der Waals surface area (Å²) in [7, 11) is 0. The molecule has 1 aromatic carbocycles. The Labute approximate surface area is 119 Å². The number of unbranched alkanes of at least 4 members (excludes halogenated alkanes) is 2. The molecular weight excluding hydrogens is 230 g/mol. The number of hydrogen-bond acceptors (Lipinski definition) is 1. The minimum Gasteiger partial charge on any atom is -0.314 e. The van der Waals surface area contributed by atoms with Crippen LogP contribution in [0, 0.1) is 13.8 Å². The highest BCUT2D eigenvalue weighted by Crippen LogP contribution is 2.17. The lowest BCUT2D eigenvalue weighted by molar-refractivity contribution is 0.455. The molecule has 1 rings (SSSR count). The number of rotatable bonds is 9. The summed E-state index contributed by atoms with van der Waals surface area (Å²) >= 11 is 0. The Morgan fingerprint density at radius 1 is 1.00 bits per heavy atom. The van der Waals surface area contributed by atoms with E-state index in [1.54, 1.807) is 5.56 Å². The summed E-state index contributed by atoms with van der Waals surface area (Å²) in [5.41, 5.74) is 4.44. The van der Waals surface area contributed by atoms with Crippen molar-refractivity contribution >= 4 is 0 Å². The molecule has 0 aromatic heterocycles. The van der Waals surface area contributed by atoms with Crippen LogP contribution in [0.15, 0.2) is 18.2 Å². The largest absolute Gasteiger partial charge is 0.314 e. The van der Waals surface area contributed by atoms with Gasteiger partial charge in [0.05, 0.1) is 0 Å². The van der Waals surface area contributed by atoms with Gasteiger partial charge in [0.2, 0.25) is 0 Å². The van der Waals surface area contributed by atoms with Crippen molar-refractivity contribution in [2.45, 2.75) is 72.3 Å². The maximum Gasteiger partial charge on any atom is 0.0108 e. The average molecular weight is 261 g/mol. The van der Waals surface area contributed by atoms with Crippen molar-refractivity contribution < 1.29 is 0 Å². The van der Waals surface area contributed by atoms with Gasteiger partial charge in [0.15, 0.2) is 0 Å². The normalized spacial score (nSPS) is 12.6. The third kappa shape index (κ3) is 5.78. The molecule has 1 N–H and O–H groups in total. The number of benzene rings is 1. The monoisotopic (exact) mass is 261 g/mol. The molecule has 0 spiro atoms. The van der Waals surface area contributed by atoms with Crippen molar-refractivity contribution in [2.75, 3.05) is 6.54 Å². The van der Waals surface area contributed by atoms with Crippen LogP contribution in [0.4, 0.5) is 0 Å². The van der Waals surface area contributed by atoms with Crippen LogP contribution in [0.1, 0.15) is 62.6 Å². The molecule has 0 heterocycles. The summed E-state index contributed by atoms with van der Waals surface area (Å²) < 4.78 is 0. The number of aryl methyl sites for hydroxylation is 2. The first-order chi connectivity index (χ1) is 9.19. The zero-order chi connectivity index (χ0) is 14.1. The highest BCUT2D eigenvalue weighted by molar-refractivity contribution is 5.34. The summed E-state index contributed by atoms with van der Waals surface area (Å²) in [6.07, 6.45) is 7.73. The first-order valence-corrected chi connectivity index (χ1v) is 7.97. The van der Waals surface area contributed by atoms with Gasteiger partial charge in [-0.05, 0) is 56.3 Å². The lowest BCUT2D eigenvalue weighted by atomic mass is 9.94. The van der Waals surface area contributed by atoms with E-state index < -0.39 is 0 Å². The summed E-state index contributed by atoms with van der Waals surface area (Å²) in [5.74, 6) is 0. The summed E-state index contributed by atoms with van der Waals surface area (Å²) in [5, 5.41) is 3.73. The average Bonchev–Trinajstić information content (AvgIpc) is 2.39. The van der Waals surface area contributed by atoms with Gasteiger partial charge >= 0.3 is 0 Å². The van der Waals surface area contributed by atoms with Gasteiger partial charge in [0.25, 0.3) is 0 Å². The van der Waals surface area contributed by atoms with Gasteiger partial charge in [-0.25, -0.2) is 0 Å². The van der Waals surface area contributed by atoms with Crippen molar-refractivity contribution in [3.63, 3.8) is 0 Å². The third-order valence-electron chi connectivity index (χ3n) is 3.93. The fourth-order valence-corrected chi connectivity index (χ4v) is 2.68. The highest BCUT2D eigenvalue weighted by Gasteiger charge is 2.11. The quantitative estimate of drug-likeness (QED) is 0.630. The first-order valence-electron chi connectivity index (χ1n) is 7.97. The Bertz CT molecular complexity index is 336. The molecule has 1 atom stereocenters. The first kappa shape index (κ1) is 16.2. The minimum absolute atomic E-state index is 0.645. The summed E-state index contributed by atoms with van der Waals surface area (Å²) in [6, 6.07) is 7.29. The van der Waals surface area contributed by atoms with E-state index in [0.717, 1.165) is 6.54 Å². The fourth-order valence-electron chi connectivity index (χ4n) is 2.68. The second-order valence-corrected chi connectivity index (χ2v) is 5.72. The SMILES string of the molecule is CCCCCC(Cc1c(C)cccc1C)NCCC. The van der Waals surface area contributed by atoms with Crippen molar-refractivity contribution in [3.05, 3.63) is 34.9 Å². The van der Waals surface area contributed by atoms with Gasteiger partial charge in [0, 0.05) is 6.04 Å². The Balaban J connectivity index is 2.64. The van der Waals surface area contributed by atoms with Crippen molar-refractivity contribution in [1.29, 1.82) is 0 Å². The smallest absolute Gasteiger partial charge is 0.0108 e. The zero-order valence-corrected chi connectivity index (χ0v) is 13.3. The maximum atomic E-state index is 3.73. The van der Waals surface area contributed by atoms with E-state index in [1.807, 2.05) is 0 Å². The van der Waals surface area contributed by atoms with Crippen LogP contribution < -0.4 is 5.32 Å². The molecule has 1 unspecified atom stereocenters.